The van der Waals surface area contributed by atoms with Crippen molar-refractivity contribution in [2.75, 3.05) is 0 Å². The highest BCUT2D eigenvalue weighted by molar-refractivity contribution is 7.99. The van der Waals surface area contributed by atoms with Crippen LogP contribution in [0.15, 0.2) is 15.9 Å². The zero-order valence-electron chi connectivity index (χ0n) is 10.9. The Kier molecular flexibility index (Phi) is 3.32. The van der Waals surface area contributed by atoms with Gasteiger partial charge in [0.2, 0.25) is 5.89 Å². The Bertz CT molecular complexity index is 576. The molecule has 1 fully saturated rings. The molecular formula is C12H16N4O2S. The lowest BCUT2D eigenvalue weighted by Gasteiger charge is -2.07. The fourth-order valence-electron chi connectivity index (χ4n) is 1.81. The Labute approximate surface area is 115 Å². The molecule has 1 atom stereocenters. The molecule has 0 spiro atoms. The lowest BCUT2D eigenvalue weighted by Crippen LogP contribution is -1.99. The molecule has 3 rings (SSSR count). The van der Waals surface area contributed by atoms with Gasteiger partial charge in [0, 0.05) is 13.0 Å². The molecule has 0 bridgehead atoms. The van der Waals surface area contributed by atoms with E-state index in [1.165, 1.54) is 12.8 Å². The van der Waals surface area contributed by atoms with E-state index in [9.17, 15) is 0 Å². The topological polar surface area (TPSA) is 77.0 Å². The fraction of sp³-hybridized carbons (Fsp3) is 0.583. The molecule has 19 heavy (non-hydrogen) atoms. The Hall–Kier alpha value is -1.34. The van der Waals surface area contributed by atoms with Crippen LogP contribution in [0.3, 0.4) is 0 Å². The first-order chi connectivity index (χ1) is 9.19. The molecule has 2 aromatic heterocycles. The van der Waals surface area contributed by atoms with Gasteiger partial charge in [0.1, 0.15) is 0 Å². The molecule has 1 saturated carbocycles. The third-order valence-electron chi connectivity index (χ3n) is 3.23. The molecular weight excluding hydrogens is 264 g/mol. The summed E-state index contributed by atoms with van der Waals surface area (Å²) in [5.41, 5.74) is 0.791. The van der Waals surface area contributed by atoms with Crippen LogP contribution in [0.1, 0.15) is 48.3 Å². The summed E-state index contributed by atoms with van der Waals surface area (Å²) in [7, 11) is 1.89. The van der Waals surface area contributed by atoms with Crippen LogP contribution in [0, 0.1) is 0 Å². The van der Waals surface area contributed by atoms with Crippen molar-refractivity contribution in [2.24, 2.45) is 7.05 Å². The Morgan fingerprint density at radius 2 is 2.37 bits per heavy atom. The van der Waals surface area contributed by atoms with Crippen molar-refractivity contribution in [1.29, 1.82) is 0 Å². The third-order valence-corrected chi connectivity index (χ3v) is 4.38. The Morgan fingerprint density at radius 3 is 3.00 bits per heavy atom. The summed E-state index contributed by atoms with van der Waals surface area (Å²) in [4.78, 5) is 8.72. The lowest BCUT2D eigenvalue weighted by molar-refractivity contribution is 0.271. The van der Waals surface area contributed by atoms with E-state index < -0.39 is 0 Å². The number of hydrogen-bond donors (Lipinski definition) is 1. The van der Waals surface area contributed by atoms with Crippen molar-refractivity contribution in [3.63, 3.8) is 0 Å². The molecule has 1 unspecified atom stereocenters. The van der Waals surface area contributed by atoms with Crippen molar-refractivity contribution in [1.82, 2.24) is 19.7 Å². The standard InChI is InChI=1S/C12H16N4O2S/c1-7(11-14-10(15-18-11)8-3-4-8)19-12-13-5-9(6-17)16(12)2/h5,7-8,17H,3-4,6H2,1-2H3. The van der Waals surface area contributed by atoms with Crippen LogP contribution in [0.4, 0.5) is 0 Å². The van der Waals surface area contributed by atoms with Crippen molar-refractivity contribution in [2.45, 2.75) is 42.7 Å². The van der Waals surface area contributed by atoms with Gasteiger partial charge in [-0.15, -0.1) is 0 Å². The van der Waals surface area contributed by atoms with E-state index in [-0.39, 0.29) is 11.9 Å². The fourth-order valence-corrected chi connectivity index (χ4v) is 2.71. The molecule has 102 valence electrons. The SMILES string of the molecule is CC(Sc1ncc(CO)n1C)c1nc(C2CC2)no1. The number of hydrogen-bond acceptors (Lipinski definition) is 6. The Balaban J connectivity index is 1.72. The maximum Gasteiger partial charge on any atom is 0.239 e. The number of rotatable bonds is 5. The molecule has 7 heteroatoms. The van der Waals surface area contributed by atoms with Crippen LogP contribution in [0.25, 0.3) is 0 Å². The first kappa shape index (κ1) is 12.7. The zero-order chi connectivity index (χ0) is 13.4. The molecule has 2 aromatic rings. The summed E-state index contributed by atoms with van der Waals surface area (Å²) in [5.74, 6) is 1.97. The van der Waals surface area contributed by atoms with Crippen LogP contribution in [-0.2, 0) is 13.7 Å². The highest BCUT2D eigenvalue weighted by atomic mass is 32.2. The van der Waals surface area contributed by atoms with E-state index >= 15 is 0 Å². The summed E-state index contributed by atoms with van der Waals surface area (Å²) in [6, 6.07) is 0. The van der Waals surface area contributed by atoms with Crippen molar-refractivity contribution >= 4 is 11.8 Å². The second-order valence-electron chi connectivity index (χ2n) is 4.77. The van der Waals surface area contributed by atoms with Crippen LogP contribution in [-0.4, -0.2) is 24.8 Å². The monoisotopic (exact) mass is 280 g/mol. The summed E-state index contributed by atoms with van der Waals surface area (Å²) in [6.07, 6.45) is 4.01. The molecule has 0 amide bonds. The highest BCUT2D eigenvalue weighted by Crippen LogP contribution is 2.40. The minimum atomic E-state index is -0.00910. The van der Waals surface area contributed by atoms with Gasteiger partial charge in [-0.2, -0.15) is 4.98 Å². The van der Waals surface area contributed by atoms with Crippen molar-refractivity contribution in [3.05, 3.63) is 23.6 Å². The Morgan fingerprint density at radius 1 is 1.58 bits per heavy atom. The van der Waals surface area contributed by atoms with Gasteiger partial charge < -0.3 is 14.2 Å². The molecule has 1 aliphatic carbocycles. The van der Waals surface area contributed by atoms with Crippen molar-refractivity contribution < 1.29 is 9.63 Å². The quantitative estimate of drug-likeness (QED) is 0.844. The van der Waals surface area contributed by atoms with Gasteiger partial charge in [0.05, 0.1) is 23.7 Å². The molecule has 0 saturated heterocycles. The second kappa shape index (κ2) is 4.97. The first-order valence-corrected chi connectivity index (χ1v) is 7.18. The smallest absolute Gasteiger partial charge is 0.239 e. The van der Waals surface area contributed by atoms with Gasteiger partial charge in [-0.3, -0.25) is 0 Å². The summed E-state index contributed by atoms with van der Waals surface area (Å²) in [5, 5.41) is 14.0. The number of nitrogens with zero attached hydrogens (tertiary/aromatic N) is 4. The number of aliphatic hydroxyl groups is 1. The van der Waals surface area contributed by atoms with E-state index in [1.807, 2.05) is 18.5 Å². The lowest BCUT2D eigenvalue weighted by atomic mass is 10.4. The first-order valence-electron chi connectivity index (χ1n) is 6.30. The normalized spacial score (nSPS) is 16.8. The van der Waals surface area contributed by atoms with E-state index in [1.54, 1.807) is 18.0 Å². The molecule has 1 N–H and O–H groups in total. The van der Waals surface area contributed by atoms with E-state index in [2.05, 4.69) is 15.1 Å². The summed E-state index contributed by atoms with van der Waals surface area (Å²) >= 11 is 1.55. The molecule has 0 aliphatic heterocycles. The van der Waals surface area contributed by atoms with Gasteiger partial charge in [0.15, 0.2) is 11.0 Å². The molecule has 6 nitrogen and oxygen atoms in total. The predicted octanol–water partition coefficient (Wildman–Crippen LogP) is 2.03. The average molecular weight is 280 g/mol. The maximum absolute atomic E-state index is 9.14. The number of aromatic nitrogens is 4. The van der Waals surface area contributed by atoms with Gasteiger partial charge in [-0.05, 0) is 19.8 Å². The number of thioether (sulfide) groups is 1. The molecule has 1 aliphatic rings. The maximum atomic E-state index is 9.14. The minimum Gasteiger partial charge on any atom is -0.390 e. The highest BCUT2D eigenvalue weighted by Gasteiger charge is 2.30. The predicted molar refractivity (Wildman–Crippen MR) is 69.7 cm³/mol. The number of imidazole rings is 1. The second-order valence-corrected chi connectivity index (χ2v) is 6.08. The zero-order valence-corrected chi connectivity index (χ0v) is 11.7. The van der Waals surface area contributed by atoms with Crippen LogP contribution < -0.4 is 0 Å². The van der Waals surface area contributed by atoms with Gasteiger partial charge in [-0.25, -0.2) is 4.98 Å². The van der Waals surface area contributed by atoms with E-state index in [0.29, 0.717) is 11.8 Å². The van der Waals surface area contributed by atoms with E-state index in [0.717, 1.165) is 16.7 Å². The molecule has 2 heterocycles. The van der Waals surface area contributed by atoms with Crippen LogP contribution >= 0.6 is 11.8 Å². The van der Waals surface area contributed by atoms with Crippen molar-refractivity contribution in [3.8, 4) is 0 Å². The minimum absolute atomic E-state index is 0.00910. The van der Waals surface area contributed by atoms with Crippen LogP contribution in [0.5, 0.6) is 0 Å². The molecule has 0 aromatic carbocycles. The number of aliphatic hydroxyl groups excluding tert-OH is 1. The summed E-state index contributed by atoms with van der Waals surface area (Å²) in [6.45, 7) is 2.01. The summed E-state index contributed by atoms with van der Waals surface area (Å²) < 4.78 is 7.18. The van der Waals surface area contributed by atoms with E-state index in [4.69, 9.17) is 9.63 Å². The largest absolute Gasteiger partial charge is 0.390 e. The average Bonchev–Trinajstić information content (AvgIpc) is 3.04. The van der Waals surface area contributed by atoms with Gasteiger partial charge in [-0.1, -0.05) is 16.9 Å². The van der Waals surface area contributed by atoms with Gasteiger partial charge >= 0.3 is 0 Å². The van der Waals surface area contributed by atoms with Crippen LogP contribution in [0.2, 0.25) is 0 Å². The van der Waals surface area contributed by atoms with Gasteiger partial charge in [0.25, 0.3) is 0 Å². The molecule has 0 radical (unpaired) electrons. The third kappa shape index (κ3) is 2.52.